The quantitative estimate of drug-likeness (QED) is 0.364. The van der Waals surface area contributed by atoms with Gasteiger partial charge in [0.05, 0.1) is 0 Å². The third kappa shape index (κ3) is 14.5. The maximum absolute atomic E-state index is 11.4. The number of hydrogen-bond donors (Lipinski definition) is 0. The number of rotatable bonds is 2. The molecule has 0 aliphatic carbocycles. The Kier molecular flexibility index (Phi) is 13.1. The fraction of sp³-hybridized carbons (Fsp3) is 0.727. The van der Waals surface area contributed by atoms with Gasteiger partial charge < -0.3 is 10.2 Å². The molecule has 0 aromatic carbocycles. The van der Waals surface area contributed by atoms with Crippen LogP contribution in [0.15, 0.2) is 23.7 Å². The van der Waals surface area contributed by atoms with E-state index >= 15 is 0 Å². The Morgan fingerprint density at radius 1 is 0.519 bits per heavy atom. The van der Waals surface area contributed by atoms with Crippen molar-refractivity contribution in [1.82, 2.24) is 0 Å². The van der Waals surface area contributed by atoms with Crippen molar-refractivity contribution in [1.29, 1.82) is 0 Å². The molecular formula is C22H38O4Sr. The van der Waals surface area contributed by atoms with Crippen LogP contribution in [0.4, 0.5) is 0 Å². The normalized spacial score (nSPS) is 13.9. The molecule has 0 fully saturated rings. The fourth-order valence-electron chi connectivity index (χ4n) is 1.10. The zero-order valence-electron chi connectivity index (χ0n) is 19.5. The van der Waals surface area contributed by atoms with E-state index in [-0.39, 0.29) is 68.6 Å². The molecule has 152 valence electrons. The fourth-order valence-corrected chi connectivity index (χ4v) is 1.10. The zero-order valence-corrected chi connectivity index (χ0v) is 23.0. The van der Waals surface area contributed by atoms with Crippen LogP contribution in [0.3, 0.4) is 0 Å². The molecule has 0 N–H and O–H groups in total. The first-order chi connectivity index (χ1) is 11.1. The van der Waals surface area contributed by atoms with E-state index in [1.807, 2.05) is 83.1 Å². The van der Waals surface area contributed by atoms with Crippen molar-refractivity contribution < 1.29 is 19.8 Å². The Hall–Kier alpha value is -0.0995. The second kappa shape index (κ2) is 11.2. The summed E-state index contributed by atoms with van der Waals surface area (Å²) >= 11 is 0. The van der Waals surface area contributed by atoms with Crippen molar-refractivity contribution >= 4 is 57.0 Å². The smallest absolute Gasteiger partial charge is 0.875 e. The van der Waals surface area contributed by atoms with Crippen LogP contribution in [-0.2, 0) is 9.59 Å². The third-order valence-corrected chi connectivity index (χ3v) is 3.48. The van der Waals surface area contributed by atoms with Crippen molar-refractivity contribution in [3.63, 3.8) is 0 Å². The van der Waals surface area contributed by atoms with Crippen LogP contribution in [0.25, 0.3) is 0 Å². The summed E-state index contributed by atoms with van der Waals surface area (Å²) in [5.74, 6) is -0.417. The molecule has 0 saturated heterocycles. The van der Waals surface area contributed by atoms with E-state index < -0.39 is 21.7 Å². The van der Waals surface area contributed by atoms with Crippen LogP contribution >= 0.6 is 0 Å². The summed E-state index contributed by atoms with van der Waals surface area (Å²) in [5.41, 5.74) is -1.83. The number of ketones is 2. The van der Waals surface area contributed by atoms with E-state index in [0.717, 1.165) is 0 Å². The number of hydrogen-bond acceptors (Lipinski definition) is 4. The van der Waals surface area contributed by atoms with Crippen molar-refractivity contribution in [2.24, 2.45) is 21.7 Å². The van der Waals surface area contributed by atoms with Gasteiger partial charge in [-0.15, -0.1) is 11.5 Å². The molecule has 4 nitrogen and oxygen atoms in total. The molecule has 0 radical (unpaired) electrons. The standard InChI is InChI=1S/2C11H20O2.Sr/c2*1-10(2,3)8(12)7-9(13)11(4,5)6;/h2*7,12H,1-6H3;/q;;+2/p-2. The van der Waals surface area contributed by atoms with Crippen molar-refractivity contribution in [2.75, 3.05) is 0 Å². The van der Waals surface area contributed by atoms with Crippen molar-refractivity contribution in [2.45, 2.75) is 83.1 Å². The molecular weight excluding hydrogens is 416 g/mol. The second-order valence-electron chi connectivity index (χ2n) is 10.7. The Balaban J connectivity index is -0.000000411. The summed E-state index contributed by atoms with van der Waals surface area (Å²) in [6.07, 6.45) is 2.44. The van der Waals surface area contributed by atoms with Gasteiger partial charge in [0.25, 0.3) is 0 Å². The van der Waals surface area contributed by atoms with Gasteiger partial charge in [-0.25, -0.2) is 0 Å². The van der Waals surface area contributed by atoms with E-state index in [1.165, 1.54) is 12.2 Å². The summed E-state index contributed by atoms with van der Waals surface area (Å²) in [5, 5.41) is 22.9. The first-order valence-corrected chi connectivity index (χ1v) is 8.97. The SMILES string of the molecule is CC(C)(C)C(=O)C=C([O-])C(C)(C)C.CC(C)(C)C(=O)C=C([O-])C(C)(C)C.[Sr+2]. The average molecular weight is 454 g/mol. The summed E-state index contributed by atoms with van der Waals surface area (Å²) in [6.45, 7) is 21.7. The summed E-state index contributed by atoms with van der Waals surface area (Å²) in [6, 6.07) is 0. The number of allylic oxidation sites excluding steroid dienone is 4. The second-order valence-corrected chi connectivity index (χ2v) is 10.7. The first kappa shape index (κ1) is 31.6. The largest absolute Gasteiger partial charge is 2.00 e. The van der Waals surface area contributed by atoms with Gasteiger partial charge in [-0.05, 0) is 23.0 Å². The molecule has 0 saturated carbocycles. The van der Waals surface area contributed by atoms with Gasteiger partial charge in [0.15, 0.2) is 11.6 Å². The van der Waals surface area contributed by atoms with Gasteiger partial charge in [0, 0.05) is 10.8 Å². The summed E-state index contributed by atoms with van der Waals surface area (Å²) < 4.78 is 0. The Morgan fingerprint density at radius 3 is 0.815 bits per heavy atom. The monoisotopic (exact) mass is 454 g/mol. The van der Waals surface area contributed by atoms with Gasteiger partial charge in [0.1, 0.15) is 0 Å². The zero-order chi connectivity index (χ0) is 21.7. The van der Waals surface area contributed by atoms with Gasteiger partial charge in [0.2, 0.25) is 0 Å². The van der Waals surface area contributed by atoms with E-state index in [0.29, 0.717) is 0 Å². The van der Waals surface area contributed by atoms with Gasteiger partial charge in [-0.2, -0.15) is 0 Å². The minimum Gasteiger partial charge on any atom is -0.875 e. The summed E-state index contributed by atoms with van der Waals surface area (Å²) in [4.78, 5) is 22.9. The molecule has 0 heterocycles. The van der Waals surface area contributed by atoms with Gasteiger partial charge in [-0.1, -0.05) is 83.1 Å². The van der Waals surface area contributed by atoms with E-state index in [4.69, 9.17) is 0 Å². The molecule has 0 rings (SSSR count). The topological polar surface area (TPSA) is 80.3 Å². The average Bonchev–Trinajstić information content (AvgIpc) is 2.34. The predicted octanol–water partition coefficient (Wildman–Crippen LogP) is 3.40. The van der Waals surface area contributed by atoms with Crippen LogP contribution in [0.1, 0.15) is 83.1 Å². The van der Waals surface area contributed by atoms with E-state index in [1.54, 1.807) is 0 Å². The third-order valence-electron chi connectivity index (χ3n) is 3.48. The van der Waals surface area contributed by atoms with Crippen LogP contribution in [-0.4, -0.2) is 57.0 Å². The van der Waals surface area contributed by atoms with Crippen LogP contribution in [0.2, 0.25) is 0 Å². The minimum atomic E-state index is -0.457. The molecule has 0 aromatic heterocycles. The molecule has 0 unspecified atom stereocenters. The molecule has 0 atom stereocenters. The van der Waals surface area contributed by atoms with Crippen LogP contribution in [0, 0.1) is 21.7 Å². The molecule has 0 aliphatic heterocycles. The molecule has 27 heavy (non-hydrogen) atoms. The van der Waals surface area contributed by atoms with E-state index in [2.05, 4.69) is 0 Å². The van der Waals surface area contributed by atoms with Gasteiger partial charge >= 0.3 is 45.5 Å². The first-order valence-electron chi connectivity index (χ1n) is 8.97. The van der Waals surface area contributed by atoms with Crippen LogP contribution < -0.4 is 10.2 Å². The van der Waals surface area contributed by atoms with Crippen molar-refractivity contribution in [3.8, 4) is 0 Å². The number of carbonyl (C=O) groups is 2. The molecule has 0 aromatic rings. The van der Waals surface area contributed by atoms with Crippen LogP contribution in [0.5, 0.6) is 0 Å². The number of carbonyl (C=O) groups excluding carboxylic acids is 2. The van der Waals surface area contributed by atoms with Gasteiger partial charge in [-0.3, -0.25) is 9.59 Å². The molecule has 0 bridgehead atoms. The molecule has 0 spiro atoms. The summed E-state index contributed by atoms with van der Waals surface area (Å²) in [7, 11) is 0. The van der Waals surface area contributed by atoms with Crippen molar-refractivity contribution in [3.05, 3.63) is 23.7 Å². The molecule has 5 heteroatoms. The Morgan fingerprint density at radius 2 is 0.704 bits per heavy atom. The minimum absolute atomic E-state index is 0. The maximum atomic E-state index is 11.4. The Labute approximate surface area is 203 Å². The van der Waals surface area contributed by atoms with E-state index in [9.17, 15) is 19.8 Å². The Bertz CT molecular complexity index is 505. The predicted molar refractivity (Wildman–Crippen MR) is 110 cm³/mol. The molecule has 0 aliphatic rings. The molecule has 0 amide bonds. The maximum Gasteiger partial charge on any atom is 2.00 e.